The molecule has 10 nitrogen and oxygen atoms in total. The Labute approximate surface area is 202 Å². The molecule has 2 aromatic carbocycles. The maximum atomic E-state index is 13.4. The largest absolute Gasteiger partial charge is 0.479 e. The Morgan fingerprint density at radius 2 is 2.06 bits per heavy atom. The zero-order valence-corrected chi connectivity index (χ0v) is 19.6. The van der Waals surface area contributed by atoms with Crippen molar-refractivity contribution in [2.24, 2.45) is 5.10 Å². The highest BCUT2D eigenvalue weighted by Crippen LogP contribution is 2.33. The van der Waals surface area contributed by atoms with E-state index in [0.717, 1.165) is 36.6 Å². The van der Waals surface area contributed by atoms with Gasteiger partial charge in [-0.2, -0.15) is 9.78 Å². The first-order valence-electron chi connectivity index (χ1n) is 10.7. The lowest BCUT2D eigenvalue weighted by molar-refractivity contribution is -0.385. The second-order valence-electron chi connectivity index (χ2n) is 7.96. The van der Waals surface area contributed by atoms with Crippen LogP contribution >= 0.6 is 15.9 Å². The van der Waals surface area contributed by atoms with Gasteiger partial charge in [0, 0.05) is 22.0 Å². The van der Waals surface area contributed by atoms with Crippen LogP contribution in [0.15, 0.2) is 50.8 Å². The third kappa shape index (κ3) is 4.98. The van der Waals surface area contributed by atoms with Crippen LogP contribution in [0, 0.1) is 10.1 Å². The summed E-state index contributed by atoms with van der Waals surface area (Å²) in [6.07, 6.45) is 6.22. The summed E-state index contributed by atoms with van der Waals surface area (Å²) in [5.41, 5.74) is -0.0143. The van der Waals surface area contributed by atoms with Crippen molar-refractivity contribution in [1.29, 1.82) is 0 Å². The van der Waals surface area contributed by atoms with E-state index in [1.807, 2.05) is 6.07 Å². The summed E-state index contributed by atoms with van der Waals surface area (Å²) in [5.74, 6) is -0.919. The van der Waals surface area contributed by atoms with E-state index in [9.17, 15) is 19.7 Å². The Balaban J connectivity index is 1.85. The molecule has 3 aromatic rings. The monoisotopic (exact) mass is 528 g/mol. The Morgan fingerprint density at radius 3 is 2.76 bits per heavy atom. The molecule has 0 atom stereocenters. The number of carboxylic acids is 1. The first kappa shape index (κ1) is 23.6. The van der Waals surface area contributed by atoms with Gasteiger partial charge in [-0.05, 0) is 37.1 Å². The molecule has 4 rings (SSSR count). The Kier molecular flexibility index (Phi) is 7.01. The van der Waals surface area contributed by atoms with E-state index in [-0.39, 0.29) is 22.8 Å². The lowest BCUT2D eigenvalue weighted by Crippen LogP contribution is -2.25. The number of aromatic nitrogens is 2. The Bertz CT molecular complexity index is 1350. The summed E-state index contributed by atoms with van der Waals surface area (Å²) in [6.45, 7) is -0.759. The molecule has 1 aromatic heterocycles. The minimum absolute atomic E-state index is 0.0551. The number of halogens is 1. The van der Waals surface area contributed by atoms with Crippen molar-refractivity contribution in [3.05, 3.63) is 72.7 Å². The fourth-order valence-corrected chi connectivity index (χ4v) is 4.46. The molecule has 11 heteroatoms. The molecule has 1 heterocycles. The van der Waals surface area contributed by atoms with Crippen molar-refractivity contribution in [2.75, 3.05) is 6.61 Å². The molecular formula is C23H21BrN4O6. The third-order valence-corrected chi connectivity index (χ3v) is 6.17. The summed E-state index contributed by atoms with van der Waals surface area (Å²) < 4.78 is 7.17. The molecule has 0 unspecified atom stereocenters. The van der Waals surface area contributed by atoms with E-state index in [1.165, 1.54) is 29.1 Å². The standard InChI is InChI=1S/C23H21BrN4O6/c24-16-9-10-18-17(11-16)23(31)27(22(26-18)14-5-2-1-3-6-14)25-12-15-7-4-8-19(28(32)33)21(15)34-13-20(29)30/h4,7-12,14H,1-3,5-6,13H2,(H,29,30). The number of hydrogen-bond acceptors (Lipinski definition) is 7. The minimum Gasteiger partial charge on any atom is -0.479 e. The predicted molar refractivity (Wildman–Crippen MR) is 129 cm³/mol. The highest BCUT2D eigenvalue weighted by atomic mass is 79.9. The van der Waals surface area contributed by atoms with Gasteiger partial charge in [-0.3, -0.25) is 14.9 Å². The van der Waals surface area contributed by atoms with E-state index in [0.29, 0.717) is 16.7 Å². The van der Waals surface area contributed by atoms with Gasteiger partial charge in [0.25, 0.3) is 5.56 Å². The number of para-hydroxylation sites is 1. The molecule has 0 aliphatic heterocycles. The van der Waals surface area contributed by atoms with E-state index in [2.05, 4.69) is 21.0 Å². The lowest BCUT2D eigenvalue weighted by Gasteiger charge is -2.22. The van der Waals surface area contributed by atoms with Crippen LogP contribution in [0.5, 0.6) is 5.75 Å². The normalized spacial score (nSPS) is 14.5. The van der Waals surface area contributed by atoms with Crippen LogP contribution in [0.2, 0.25) is 0 Å². The first-order chi connectivity index (χ1) is 16.3. The van der Waals surface area contributed by atoms with Crippen molar-refractivity contribution >= 4 is 44.7 Å². The number of nitrogens with zero attached hydrogens (tertiary/aromatic N) is 4. The molecule has 0 radical (unpaired) electrons. The van der Waals surface area contributed by atoms with Gasteiger partial charge in [-0.25, -0.2) is 9.78 Å². The molecule has 0 bridgehead atoms. The SMILES string of the molecule is O=C(O)COc1c(C=Nn2c(C3CCCCC3)nc3ccc(Br)cc3c2=O)cccc1[N+](=O)[O-]. The number of carboxylic acid groups (broad SMARTS) is 1. The number of hydrogen-bond donors (Lipinski definition) is 1. The molecule has 34 heavy (non-hydrogen) atoms. The van der Waals surface area contributed by atoms with Crippen molar-refractivity contribution in [2.45, 2.75) is 38.0 Å². The van der Waals surface area contributed by atoms with Crippen molar-refractivity contribution < 1.29 is 19.6 Å². The molecule has 1 saturated carbocycles. The van der Waals surface area contributed by atoms with E-state index in [1.54, 1.807) is 12.1 Å². The number of rotatable bonds is 7. The predicted octanol–water partition coefficient (Wildman–Crippen LogP) is 4.46. The Morgan fingerprint density at radius 1 is 1.29 bits per heavy atom. The van der Waals surface area contributed by atoms with Crippen LogP contribution in [0.1, 0.15) is 49.4 Å². The van der Waals surface area contributed by atoms with Gasteiger partial charge in [0.1, 0.15) is 5.82 Å². The van der Waals surface area contributed by atoms with Crippen LogP contribution in [0.4, 0.5) is 5.69 Å². The van der Waals surface area contributed by atoms with Crippen molar-refractivity contribution in [3.8, 4) is 5.75 Å². The summed E-state index contributed by atoms with van der Waals surface area (Å²) in [5, 5.41) is 25.2. The lowest BCUT2D eigenvalue weighted by atomic mass is 9.88. The topological polar surface area (TPSA) is 137 Å². The molecule has 1 aliphatic carbocycles. The number of fused-ring (bicyclic) bond motifs is 1. The molecule has 0 amide bonds. The molecule has 1 N–H and O–H groups in total. The van der Waals surface area contributed by atoms with Crippen LogP contribution in [-0.4, -0.2) is 38.5 Å². The highest BCUT2D eigenvalue weighted by molar-refractivity contribution is 9.10. The first-order valence-corrected chi connectivity index (χ1v) is 11.5. The molecule has 0 saturated heterocycles. The number of carbonyl (C=O) groups is 1. The zero-order valence-electron chi connectivity index (χ0n) is 18.0. The summed E-state index contributed by atoms with van der Waals surface area (Å²) >= 11 is 3.38. The van der Waals surface area contributed by atoms with Gasteiger partial charge in [0.15, 0.2) is 6.61 Å². The highest BCUT2D eigenvalue weighted by Gasteiger charge is 2.23. The molecule has 176 valence electrons. The van der Waals surface area contributed by atoms with E-state index in [4.69, 9.17) is 14.8 Å². The van der Waals surface area contributed by atoms with Gasteiger partial charge in [0.2, 0.25) is 5.75 Å². The molecular weight excluding hydrogens is 508 g/mol. The quantitative estimate of drug-likeness (QED) is 0.271. The summed E-state index contributed by atoms with van der Waals surface area (Å²) in [4.78, 5) is 39.9. The molecule has 1 fully saturated rings. The van der Waals surface area contributed by atoms with Crippen LogP contribution in [0.3, 0.4) is 0 Å². The minimum atomic E-state index is -1.28. The fraction of sp³-hybridized carbons (Fsp3) is 0.304. The number of benzene rings is 2. The zero-order chi connectivity index (χ0) is 24.2. The maximum Gasteiger partial charge on any atom is 0.341 e. The maximum absolute atomic E-state index is 13.4. The fourth-order valence-electron chi connectivity index (χ4n) is 4.10. The third-order valence-electron chi connectivity index (χ3n) is 5.68. The second kappa shape index (κ2) is 10.1. The van der Waals surface area contributed by atoms with Gasteiger partial charge in [0.05, 0.1) is 22.0 Å². The van der Waals surface area contributed by atoms with Gasteiger partial charge >= 0.3 is 11.7 Å². The van der Waals surface area contributed by atoms with Gasteiger partial charge < -0.3 is 9.84 Å². The van der Waals surface area contributed by atoms with E-state index >= 15 is 0 Å². The van der Waals surface area contributed by atoms with Crippen molar-refractivity contribution in [3.63, 3.8) is 0 Å². The number of ether oxygens (including phenoxy) is 1. The van der Waals surface area contributed by atoms with Crippen LogP contribution in [0.25, 0.3) is 10.9 Å². The average molecular weight is 529 g/mol. The van der Waals surface area contributed by atoms with Crippen LogP contribution < -0.4 is 10.3 Å². The summed E-state index contributed by atoms with van der Waals surface area (Å²) in [7, 11) is 0. The number of aliphatic carboxylic acids is 1. The number of nitro benzene ring substituents is 1. The summed E-state index contributed by atoms with van der Waals surface area (Å²) in [6, 6.07) is 9.43. The molecule has 1 aliphatic rings. The van der Waals surface area contributed by atoms with Gasteiger partial charge in [-0.1, -0.05) is 41.3 Å². The van der Waals surface area contributed by atoms with Crippen molar-refractivity contribution in [1.82, 2.24) is 9.66 Å². The number of nitro groups is 1. The second-order valence-corrected chi connectivity index (χ2v) is 8.88. The van der Waals surface area contributed by atoms with E-state index < -0.39 is 23.2 Å². The molecule has 0 spiro atoms. The van der Waals surface area contributed by atoms with Gasteiger partial charge in [-0.15, -0.1) is 0 Å². The average Bonchev–Trinajstić information content (AvgIpc) is 2.83. The Hall–Kier alpha value is -3.60. The van der Waals surface area contributed by atoms with Crippen LogP contribution in [-0.2, 0) is 4.79 Å². The smallest absolute Gasteiger partial charge is 0.341 e.